The molecule has 2 heterocycles. The van der Waals surface area contributed by atoms with Gasteiger partial charge in [-0.3, -0.25) is 4.79 Å². The van der Waals surface area contributed by atoms with E-state index in [9.17, 15) is 9.90 Å². The maximum atomic E-state index is 12.3. The van der Waals surface area contributed by atoms with Crippen molar-refractivity contribution >= 4 is 17.7 Å². The molecule has 3 fully saturated rings. The number of carbonyl (C=O) groups excluding carboxylic acids is 1. The molecule has 6 atom stereocenters. The second-order valence-electron chi connectivity index (χ2n) is 10.2. The van der Waals surface area contributed by atoms with E-state index in [1.165, 1.54) is 24.0 Å². The first-order valence-corrected chi connectivity index (χ1v) is 13.9. The van der Waals surface area contributed by atoms with Crippen LogP contribution < -0.4 is 10.1 Å². The number of aliphatic hydroxyl groups excluding tert-OH is 1. The van der Waals surface area contributed by atoms with Crippen LogP contribution in [0, 0.1) is 11.8 Å². The highest BCUT2D eigenvalue weighted by atomic mass is 32.2. The van der Waals surface area contributed by atoms with Crippen molar-refractivity contribution in [1.82, 2.24) is 10.2 Å². The Bertz CT molecular complexity index is 933. The van der Waals surface area contributed by atoms with Crippen LogP contribution in [0.15, 0.2) is 29.3 Å². The second kappa shape index (κ2) is 10.1. The number of nitrogens with one attached hydrogen (secondary N) is 1. The van der Waals surface area contributed by atoms with Gasteiger partial charge in [0.15, 0.2) is 0 Å². The number of ether oxygens (including phenoxy) is 2. The summed E-state index contributed by atoms with van der Waals surface area (Å²) in [4.78, 5) is 14.4. The number of hydrogen-bond acceptors (Lipinski definition) is 6. The van der Waals surface area contributed by atoms with Crippen LogP contribution in [0.4, 0.5) is 0 Å². The lowest BCUT2D eigenvalue weighted by Crippen LogP contribution is -2.45. The van der Waals surface area contributed by atoms with Gasteiger partial charge in [-0.25, -0.2) is 0 Å². The van der Waals surface area contributed by atoms with Gasteiger partial charge in [0.25, 0.3) is 5.91 Å². The van der Waals surface area contributed by atoms with E-state index in [4.69, 9.17) is 9.47 Å². The summed E-state index contributed by atoms with van der Waals surface area (Å²) in [6.07, 6.45) is 5.94. The van der Waals surface area contributed by atoms with Gasteiger partial charge in [0.2, 0.25) is 0 Å². The number of likely N-dealkylation sites (N-methyl/N-ethyl adjacent to an activating group) is 2. The lowest BCUT2D eigenvalue weighted by molar-refractivity contribution is -0.120. The molecule has 6 nitrogen and oxygen atoms in total. The number of carbonyl (C=O) groups is 1. The number of amides is 1. The Morgan fingerprint density at radius 1 is 1.24 bits per heavy atom. The third kappa shape index (κ3) is 4.71. The number of hydrogen-bond donors (Lipinski definition) is 2. The molecule has 4 aliphatic rings. The van der Waals surface area contributed by atoms with Crippen LogP contribution in [-0.2, 0) is 16.0 Å². The van der Waals surface area contributed by atoms with Crippen molar-refractivity contribution in [3.8, 4) is 5.75 Å². The van der Waals surface area contributed by atoms with Crippen LogP contribution in [0.1, 0.15) is 63.0 Å². The lowest BCUT2D eigenvalue weighted by Gasteiger charge is -2.39. The van der Waals surface area contributed by atoms with Crippen LogP contribution in [0.25, 0.3) is 0 Å². The zero-order chi connectivity index (χ0) is 23.8. The van der Waals surface area contributed by atoms with E-state index in [0.29, 0.717) is 37.1 Å². The minimum Gasteiger partial charge on any atom is -0.493 e. The molecule has 2 aliphatic heterocycles. The largest absolute Gasteiger partial charge is 0.493 e. The Morgan fingerprint density at radius 2 is 2.06 bits per heavy atom. The third-order valence-electron chi connectivity index (χ3n) is 8.06. The first kappa shape index (κ1) is 24.0. The molecule has 2 aliphatic carbocycles. The summed E-state index contributed by atoms with van der Waals surface area (Å²) in [7, 11) is 1.97. The molecule has 186 valence electrons. The van der Waals surface area contributed by atoms with E-state index >= 15 is 0 Å². The van der Waals surface area contributed by atoms with E-state index in [-0.39, 0.29) is 29.4 Å². The van der Waals surface area contributed by atoms with Gasteiger partial charge in [-0.05, 0) is 74.1 Å². The number of thioether (sulfide) groups is 1. The van der Waals surface area contributed by atoms with Crippen molar-refractivity contribution in [1.29, 1.82) is 0 Å². The summed E-state index contributed by atoms with van der Waals surface area (Å²) in [6, 6.07) is 6.53. The van der Waals surface area contributed by atoms with Gasteiger partial charge >= 0.3 is 0 Å². The molecule has 1 unspecified atom stereocenters. The van der Waals surface area contributed by atoms with E-state index < -0.39 is 6.10 Å². The summed E-state index contributed by atoms with van der Waals surface area (Å²) < 4.78 is 12.8. The minimum absolute atomic E-state index is 0.0287. The molecule has 0 radical (unpaired) electrons. The Kier molecular flexibility index (Phi) is 7.14. The highest BCUT2D eigenvalue weighted by Crippen LogP contribution is 2.46. The van der Waals surface area contributed by atoms with Gasteiger partial charge < -0.3 is 24.8 Å². The first-order valence-electron chi connectivity index (χ1n) is 13.0. The maximum absolute atomic E-state index is 12.3. The molecule has 34 heavy (non-hydrogen) atoms. The van der Waals surface area contributed by atoms with Crippen molar-refractivity contribution in [2.75, 3.05) is 20.2 Å². The molecule has 1 saturated heterocycles. The molecule has 1 amide bonds. The smallest absolute Gasteiger partial charge is 0.268 e. The summed E-state index contributed by atoms with van der Waals surface area (Å²) in [5, 5.41) is 15.8. The molecule has 0 aromatic heterocycles. The number of aryl methyl sites for hydroxylation is 1. The molecular formula is C27H38N2O4S. The predicted molar refractivity (Wildman–Crippen MR) is 135 cm³/mol. The second-order valence-corrected chi connectivity index (χ2v) is 11.2. The van der Waals surface area contributed by atoms with Gasteiger partial charge in [0.05, 0.1) is 24.9 Å². The fraction of sp³-hybridized carbons (Fsp3) is 0.667. The van der Waals surface area contributed by atoms with Gasteiger partial charge in [0.1, 0.15) is 16.8 Å². The molecule has 2 saturated carbocycles. The highest BCUT2D eigenvalue weighted by Gasteiger charge is 2.49. The van der Waals surface area contributed by atoms with Crippen molar-refractivity contribution in [2.45, 2.75) is 82.0 Å². The molecule has 1 aromatic carbocycles. The van der Waals surface area contributed by atoms with Crippen molar-refractivity contribution < 1.29 is 19.4 Å². The Balaban J connectivity index is 1.18. The minimum atomic E-state index is -0.399. The van der Waals surface area contributed by atoms with Crippen LogP contribution in [-0.4, -0.2) is 59.8 Å². The number of aliphatic hydroxyl groups is 1. The number of fused-ring (bicyclic) bond motifs is 1. The first-order chi connectivity index (χ1) is 16.5. The van der Waals surface area contributed by atoms with Crippen LogP contribution in [0.3, 0.4) is 0 Å². The normalized spacial score (nSPS) is 32.9. The molecule has 0 bridgehead atoms. The number of nitrogens with zero attached hydrogens (tertiary/aromatic N) is 1. The highest BCUT2D eigenvalue weighted by molar-refractivity contribution is 8.03. The summed E-state index contributed by atoms with van der Waals surface area (Å²) in [5.41, 5.74) is 3.59. The van der Waals surface area contributed by atoms with Gasteiger partial charge in [-0.1, -0.05) is 13.0 Å². The summed E-state index contributed by atoms with van der Waals surface area (Å²) >= 11 is 1.67. The molecule has 2 N–H and O–H groups in total. The van der Waals surface area contributed by atoms with Crippen molar-refractivity contribution in [3.05, 3.63) is 40.4 Å². The molecule has 5 rings (SSSR count). The Morgan fingerprint density at radius 3 is 2.79 bits per heavy atom. The standard InChI is InChI=1S/C27H38N2O4S/c1-4-16-8-9-18(12-20(16)17-6-7-17)32-14-21-19-10-11-24(33-25(19)13-23(21)30)27-29(3)22(15-34-27)26(31)28-5-2/h8-9,12,15,17,19,21,23-25,27,30H,4-7,10-11,13-14H2,1-3H3,(H,28,31)/t19-,21-,23+,24-,25+,27?/m1/s1. The zero-order valence-electron chi connectivity index (χ0n) is 20.5. The van der Waals surface area contributed by atoms with Gasteiger partial charge in [-0.15, -0.1) is 11.8 Å². The van der Waals surface area contributed by atoms with E-state index in [1.54, 1.807) is 11.8 Å². The lowest BCUT2D eigenvalue weighted by atomic mass is 9.86. The van der Waals surface area contributed by atoms with Crippen LogP contribution in [0.2, 0.25) is 0 Å². The average molecular weight is 487 g/mol. The molecular weight excluding hydrogens is 448 g/mol. The fourth-order valence-corrected chi connectivity index (χ4v) is 7.21. The zero-order valence-corrected chi connectivity index (χ0v) is 21.4. The summed E-state index contributed by atoms with van der Waals surface area (Å²) in [5.74, 6) is 2.02. The van der Waals surface area contributed by atoms with Crippen molar-refractivity contribution in [2.24, 2.45) is 11.8 Å². The van der Waals surface area contributed by atoms with Crippen LogP contribution >= 0.6 is 11.8 Å². The molecule has 1 aromatic rings. The van der Waals surface area contributed by atoms with Crippen LogP contribution in [0.5, 0.6) is 5.75 Å². The molecule has 7 heteroatoms. The van der Waals surface area contributed by atoms with E-state index in [0.717, 1.165) is 25.0 Å². The van der Waals surface area contributed by atoms with Crippen molar-refractivity contribution in [3.63, 3.8) is 0 Å². The van der Waals surface area contributed by atoms with E-state index in [1.807, 2.05) is 24.3 Å². The Labute approximate surface area is 207 Å². The summed E-state index contributed by atoms with van der Waals surface area (Å²) in [6.45, 7) is 5.30. The number of rotatable bonds is 8. The average Bonchev–Trinajstić information content (AvgIpc) is 3.54. The molecule has 0 spiro atoms. The van der Waals surface area contributed by atoms with E-state index in [2.05, 4.69) is 30.4 Å². The predicted octanol–water partition coefficient (Wildman–Crippen LogP) is 4.03. The quantitative estimate of drug-likeness (QED) is 0.578. The number of benzene rings is 1. The topological polar surface area (TPSA) is 71.0 Å². The van der Waals surface area contributed by atoms with Gasteiger partial charge in [0, 0.05) is 31.3 Å². The third-order valence-corrected chi connectivity index (χ3v) is 9.31. The monoisotopic (exact) mass is 486 g/mol. The van der Waals surface area contributed by atoms with Gasteiger partial charge in [-0.2, -0.15) is 0 Å². The fourth-order valence-electron chi connectivity index (χ4n) is 6.00. The Hall–Kier alpha value is -1.70. The SMILES string of the molecule is CCNC(=O)C1=CSC([C@H]2CC[C@@H]3[C@@H](COc4ccc(CC)c(C5CC5)c4)[C@@H](O)C[C@@H]3O2)N1C. The maximum Gasteiger partial charge on any atom is 0.268 e.